The molecule has 92 valence electrons. The Labute approximate surface area is 103 Å². The van der Waals surface area contributed by atoms with E-state index in [1.165, 1.54) is 11.1 Å². The Morgan fingerprint density at radius 2 is 1.82 bits per heavy atom. The molecule has 3 heteroatoms. The maximum atomic E-state index is 12.3. The number of carbonyl (C=O) groups is 1. The Balaban J connectivity index is 2.60. The van der Waals surface area contributed by atoms with Crippen molar-refractivity contribution in [1.82, 2.24) is 0 Å². The highest BCUT2D eigenvalue weighted by molar-refractivity contribution is 6.07. The lowest BCUT2D eigenvalue weighted by Crippen LogP contribution is -2.53. The summed E-state index contributed by atoms with van der Waals surface area (Å²) in [5.74, 6) is 0.135. The van der Waals surface area contributed by atoms with Crippen LogP contribution >= 0.6 is 0 Å². The van der Waals surface area contributed by atoms with Crippen LogP contribution in [0.3, 0.4) is 0 Å². The van der Waals surface area contributed by atoms with E-state index in [0.717, 1.165) is 11.4 Å². The SMILES string of the molecule is CCN1C(=O)C(C)(C)Nc2cc(C)c(C)cc21. The quantitative estimate of drug-likeness (QED) is 0.807. The second-order valence-electron chi connectivity index (χ2n) is 5.25. The summed E-state index contributed by atoms with van der Waals surface area (Å²) in [5, 5.41) is 3.33. The topological polar surface area (TPSA) is 32.3 Å². The van der Waals surface area contributed by atoms with Crippen LogP contribution in [0.1, 0.15) is 31.9 Å². The van der Waals surface area contributed by atoms with Gasteiger partial charge in [-0.1, -0.05) is 0 Å². The lowest BCUT2D eigenvalue weighted by Gasteiger charge is -2.40. The first-order valence-electron chi connectivity index (χ1n) is 6.08. The normalized spacial score (nSPS) is 17.7. The second-order valence-corrected chi connectivity index (χ2v) is 5.25. The second kappa shape index (κ2) is 3.76. The molecule has 1 aliphatic rings. The lowest BCUT2D eigenvalue weighted by atomic mass is 9.96. The Morgan fingerprint density at radius 3 is 2.41 bits per heavy atom. The van der Waals surface area contributed by atoms with Crippen molar-refractivity contribution in [3.05, 3.63) is 23.3 Å². The average Bonchev–Trinajstić information content (AvgIpc) is 2.23. The van der Waals surface area contributed by atoms with Crippen LogP contribution in [0.4, 0.5) is 11.4 Å². The maximum Gasteiger partial charge on any atom is 0.252 e. The zero-order valence-corrected chi connectivity index (χ0v) is 11.2. The number of aryl methyl sites for hydroxylation is 2. The van der Waals surface area contributed by atoms with Crippen molar-refractivity contribution in [2.24, 2.45) is 0 Å². The summed E-state index contributed by atoms with van der Waals surface area (Å²) in [7, 11) is 0. The molecule has 0 bridgehead atoms. The highest BCUT2D eigenvalue weighted by atomic mass is 16.2. The van der Waals surface area contributed by atoms with Crippen LogP contribution < -0.4 is 10.2 Å². The summed E-state index contributed by atoms with van der Waals surface area (Å²) in [5.41, 5.74) is 4.00. The molecule has 0 atom stereocenters. The van der Waals surface area contributed by atoms with Gasteiger partial charge < -0.3 is 10.2 Å². The van der Waals surface area contributed by atoms with Crippen LogP contribution in [-0.2, 0) is 4.79 Å². The molecule has 1 heterocycles. The molecule has 0 radical (unpaired) electrons. The van der Waals surface area contributed by atoms with Crippen LogP contribution in [0.5, 0.6) is 0 Å². The number of hydrogen-bond acceptors (Lipinski definition) is 2. The molecule has 0 aromatic heterocycles. The van der Waals surface area contributed by atoms with Gasteiger partial charge >= 0.3 is 0 Å². The molecular formula is C14H20N2O. The maximum absolute atomic E-state index is 12.3. The van der Waals surface area contributed by atoms with Crippen LogP contribution in [0, 0.1) is 13.8 Å². The van der Waals surface area contributed by atoms with Crippen molar-refractivity contribution in [1.29, 1.82) is 0 Å². The van der Waals surface area contributed by atoms with Gasteiger partial charge in [-0.3, -0.25) is 4.79 Å². The van der Waals surface area contributed by atoms with E-state index in [1.807, 2.05) is 25.7 Å². The molecule has 0 unspecified atom stereocenters. The minimum absolute atomic E-state index is 0.135. The van der Waals surface area contributed by atoms with Crippen molar-refractivity contribution in [3.63, 3.8) is 0 Å². The Morgan fingerprint density at radius 1 is 1.24 bits per heavy atom. The minimum atomic E-state index is -0.523. The van der Waals surface area contributed by atoms with E-state index in [-0.39, 0.29) is 5.91 Å². The fourth-order valence-electron chi connectivity index (χ4n) is 2.28. The van der Waals surface area contributed by atoms with Gasteiger partial charge in [0, 0.05) is 6.54 Å². The predicted octanol–water partition coefficient (Wildman–Crippen LogP) is 2.86. The Hall–Kier alpha value is -1.51. The van der Waals surface area contributed by atoms with Crippen molar-refractivity contribution < 1.29 is 4.79 Å². The van der Waals surface area contributed by atoms with Crippen LogP contribution in [0.15, 0.2) is 12.1 Å². The highest BCUT2D eigenvalue weighted by Crippen LogP contribution is 2.36. The molecule has 17 heavy (non-hydrogen) atoms. The highest BCUT2D eigenvalue weighted by Gasteiger charge is 2.37. The molecule has 1 aromatic rings. The van der Waals surface area contributed by atoms with Crippen molar-refractivity contribution >= 4 is 17.3 Å². The summed E-state index contributed by atoms with van der Waals surface area (Å²) in [6.07, 6.45) is 0. The zero-order chi connectivity index (χ0) is 12.8. The van der Waals surface area contributed by atoms with Crippen LogP contribution in [0.25, 0.3) is 0 Å². The third-order valence-corrected chi connectivity index (χ3v) is 3.45. The van der Waals surface area contributed by atoms with Crippen molar-refractivity contribution in [2.75, 3.05) is 16.8 Å². The van der Waals surface area contributed by atoms with E-state index in [4.69, 9.17) is 0 Å². The molecule has 0 spiro atoms. The number of hydrogen-bond donors (Lipinski definition) is 1. The molecule has 1 aliphatic heterocycles. The first kappa shape index (κ1) is 12.0. The van der Waals surface area contributed by atoms with E-state index >= 15 is 0 Å². The van der Waals surface area contributed by atoms with Gasteiger partial charge in [0.25, 0.3) is 5.91 Å². The number of fused-ring (bicyclic) bond motifs is 1. The van der Waals surface area contributed by atoms with E-state index in [0.29, 0.717) is 6.54 Å². The third kappa shape index (κ3) is 1.79. The van der Waals surface area contributed by atoms with E-state index < -0.39 is 5.54 Å². The number of nitrogens with one attached hydrogen (secondary N) is 1. The fraction of sp³-hybridized carbons (Fsp3) is 0.500. The summed E-state index contributed by atoms with van der Waals surface area (Å²) in [4.78, 5) is 14.2. The Kier molecular flexibility index (Phi) is 2.64. The molecule has 1 amide bonds. The summed E-state index contributed by atoms with van der Waals surface area (Å²) >= 11 is 0. The van der Waals surface area contributed by atoms with Crippen LogP contribution in [-0.4, -0.2) is 18.0 Å². The zero-order valence-electron chi connectivity index (χ0n) is 11.2. The molecule has 1 N–H and O–H groups in total. The molecule has 0 aliphatic carbocycles. The fourth-order valence-corrected chi connectivity index (χ4v) is 2.28. The summed E-state index contributed by atoms with van der Waals surface area (Å²) < 4.78 is 0. The predicted molar refractivity (Wildman–Crippen MR) is 71.6 cm³/mol. The minimum Gasteiger partial charge on any atom is -0.370 e. The monoisotopic (exact) mass is 232 g/mol. The number of benzene rings is 1. The van der Waals surface area contributed by atoms with Gasteiger partial charge in [0.1, 0.15) is 5.54 Å². The Bertz CT molecular complexity index is 477. The first-order valence-corrected chi connectivity index (χ1v) is 6.08. The first-order chi connectivity index (χ1) is 7.86. The number of anilines is 2. The number of amides is 1. The number of carbonyl (C=O) groups excluding carboxylic acids is 1. The molecule has 0 saturated heterocycles. The summed E-state index contributed by atoms with van der Waals surface area (Å²) in [6.45, 7) is 10.7. The van der Waals surface area contributed by atoms with Crippen molar-refractivity contribution in [3.8, 4) is 0 Å². The standard InChI is InChI=1S/C14H20N2O/c1-6-16-12-8-10(3)9(2)7-11(12)15-14(4,5)13(16)17/h7-8,15H,6H2,1-5H3. The van der Waals surface area contributed by atoms with Gasteiger partial charge in [0.2, 0.25) is 0 Å². The van der Waals surface area contributed by atoms with E-state index in [1.54, 1.807) is 0 Å². The molecular weight excluding hydrogens is 212 g/mol. The van der Waals surface area contributed by atoms with Gasteiger partial charge in [0.05, 0.1) is 11.4 Å². The van der Waals surface area contributed by atoms with Gasteiger partial charge in [-0.15, -0.1) is 0 Å². The largest absolute Gasteiger partial charge is 0.370 e. The van der Waals surface area contributed by atoms with Crippen LogP contribution in [0.2, 0.25) is 0 Å². The number of likely N-dealkylation sites (N-methyl/N-ethyl adjacent to an activating group) is 1. The molecule has 2 rings (SSSR count). The van der Waals surface area contributed by atoms with E-state index in [2.05, 4.69) is 31.3 Å². The molecule has 1 aromatic carbocycles. The van der Waals surface area contributed by atoms with Gasteiger partial charge in [-0.25, -0.2) is 0 Å². The van der Waals surface area contributed by atoms with Crippen molar-refractivity contribution in [2.45, 2.75) is 40.2 Å². The average molecular weight is 232 g/mol. The lowest BCUT2D eigenvalue weighted by molar-refractivity contribution is -0.122. The van der Waals surface area contributed by atoms with Gasteiger partial charge in [-0.05, 0) is 57.9 Å². The molecule has 3 nitrogen and oxygen atoms in total. The molecule has 0 saturated carbocycles. The number of rotatable bonds is 1. The number of nitrogens with zero attached hydrogens (tertiary/aromatic N) is 1. The molecule has 0 fully saturated rings. The van der Waals surface area contributed by atoms with Gasteiger partial charge in [0.15, 0.2) is 0 Å². The van der Waals surface area contributed by atoms with E-state index in [9.17, 15) is 4.79 Å². The summed E-state index contributed by atoms with van der Waals surface area (Å²) in [6, 6.07) is 4.22. The van der Waals surface area contributed by atoms with Gasteiger partial charge in [-0.2, -0.15) is 0 Å². The third-order valence-electron chi connectivity index (χ3n) is 3.45. The smallest absolute Gasteiger partial charge is 0.252 e.